The van der Waals surface area contributed by atoms with Crippen molar-refractivity contribution in [3.05, 3.63) is 77.9 Å². The van der Waals surface area contributed by atoms with Crippen LogP contribution in [-0.4, -0.2) is 40.4 Å². The van der Waals surface area contributed by atoms with Crippen LogP contribution < -0.4 is 10.6 Å². The molecule has 32 heavy (non-hydrogen) atoms. The molecule has 7 nitrogen and oxygen atoms in total. The van der Waals surface area contributed by atoms with Crippen molar-refractivity contribution in [3.8, 4) is 5.69 Å². The summed E-state index contributed by atoms with van der Waals surface area (Å²) in [4.78, 5) is 8.78. The molecule has 168 valence electrons. The fourth-order valence-electron chi connectivity index (χ4n) is 4.01. The van der Waals surface area contributed by atoms with E-state index in [1.165, 1.54) is 17.5 Å². The van der Waals surface area contributed by atoms with Crippen molar-refractivity contribution >= 4 is 5.96 Å². The molecule has 1 aromatic heterocycles. The summed E-state index contributed by atoms with van der Waals surface area (Å²) in [6, 6.07) is 16.9. The number of benzene rings is 2. The van der Waals surface area contributed by atoms with E-state index in [0.717, 1.165) is 49.7 Å². The maximum absolute atomic E-state index is 6.17. The van der Waals surface area contributed by atoms with Gasteiger partial charge in [0.15, 0.2) is 5.96 Å². The minimum absolute atomic E-state index is 0.129. The van der Waals surface area contributed by atoms with E-state index in [-0.39, 0.29) is 6.10 Å². The molecule has 0 aliphatic carbocycles. The molecule has 2 heterocycles. The van der Waals surface area contributed by atoms with Gasteiger partial charge in [-0.3, -0.25) is 0 Å². The zero-order valence-corrected chi connectivity index (χ0v) is 18.9. The normalized spacial score (nSPS) is 19.0. The second kappa shape index (κ2) is 10.9. The zero-order chi connectivity index (χ0) is 22.2. The molecule has 1 aliphatic heterocycles. The highest BCUT2D eigenvalue weighted by Crippen LogP contribution is 2.33. The summed E-state index contributed by atoms with van der Waals surface area (Å²) in [6.45, 7) is 7.29. The Hall–Kier alpha value is -3.19. The van der Waals surface area contributed by atoms with Crippen molar-refractivity contribution in [3.63, 3.8) is 0 Å². The monoisotopic (exact) mass is 432 g/mol. The molecule has 0 saturated carbocycles. The van der Waals surface area contributed by atoms with Crippen molar-refractivity contribution in [2.75, 3.05) is 19.7 Å². The van der Waals surface area contributed by atoms with E-state index in [4.69, 9.17) is 9.73 Å². The quantitative estimate of drug-likeness (QED) is 0.439. The van der Waals surface area contributed by atoms with Crippen LogP contribution in [-0.2, 0) is 11.3 Å². The molecule has 3 aromatic rings. The fraction of sp³-hybridized carbons (Fsp3) is 0.400. The summed E-state index contributed by atoms with van der Waals surface area (Å²) in [6.07, 6.45) is 5.60. The van der Waals surface area contributed by atoms with E-state index < -0.39 is 0 Å². The van der Waals surface area contributed by atoms with E-state index >= 15 is 0 Å². The van der Waals surface area contributed by atoms with Crippen LogP contribution in [0.5, 0.6) is 0 Å². The lowest BCUT2D eigenvalue weighted by atomic mass is 9.89. The maximum atomic E-state index is 6.17. The molecule has 0 bridgehead atoms. The van der Waals surface area contributed by atoms with Crippen LogP contribution in [0.2, 0.25) is 0 Å². The van der Waals surface area contributed by atoms with E-state index in [0.29, 0.717) is 12.5 Å². The number of guanidine groups is 1. The molecule has 0 amide bonds. The Kier molecular flexibility index (Phi) is 7.51. The van der Waals surface area contributed by atoms with Gasteiger partial charge in [-0.15, -0.1) is 0 Å². The van der Waals surface area contributed by atoms with Crippen LogP contribution in [0.4, 0.5) is 0 Å². The fourth-order valence-corrected chi connectivity index (χ4v) is 4.01. The first-order valence-electron chi connectivity index (χ1n) is 11.4. The topological polar surface area (TPSA) is 76.4 Å². The summed E-state index contributed by atoms with van der Waals surface area (Å²) >= 11 is 0. The summed E-state index contributed by atoms with van der Waals surface area (Å²) in [5.74, 6) is 1.25. The molecule has 2 unspecified atom stereocenters. The SMILES string of the molecule is CCNC(=NCc1ccc(-n2cncn2)cc1)NCC1CCCOC1c1ccc(C)cc1. The Morgan fingerprint density at radius 1 is 1.12 bits per heavy atom. The zero-order valence-electron chi connectivity index (χ0n) is 18.9. The molecular weight excluding hydrogens is 400 g/mol. The number of nitrogens with zero attached hydrogens (tertiary/aromatic N) is 4. The average Bonchev–Trinajstić information content (AvgIpc) is 3.37. The van der Waals surface area contributed by atoms with Crippen molar-refractivity contribution in [2.24, 2.45) is 10.9 Å². The summed E-state index contributed by atoms with van der Waals surface area (Å²) in [7, 11) is 0. The highest BCUT2D eigenvalue weighted by atomic mass is 16.5. The van der Waals surface area contributed by atoms with Gasteiger partial charge < -0.3 is 15.4 Å². The predicted molar refractivity (Wildman–Crippen MR) is 127 cm³/mol. The van der Waals surface area contributed by atoms with Crippen LogP contribution >= 0.6 is 0 Å². The summed E-state index contributed by atoms with van der Waals surface area (Å²) in [5.41, 5.74) is 4.66. The largest absolute Gasteiger partial charge is 0.373 e. The number of rotatable bonds is 7. The summed E-state index contributed by atoms with van der Waals surface area (Å²) < 4.78 is 7.91. The van der Waals surface area contributed by atoms with Gasteiger partial charge in [0.2, 0.25) is 0 Å². The van der Waals surface area contributed by atoms with Gasteiger partial charge in [-0.2, -0.15) is 5.10 Å². The molecule has 2 N–H and O–H groups in total. The number of ether oxygens (including phenoxy) is 1. The van der Waals surface area contributed by atoms with Crippen LogP contribution in [0.15, 0.2) is 66.2 Å². The Bertz CT molecular complexity index is 982. The Morgan fingerprint density at radius 2 is 1.94 bits per heavy atom. The third-order valence-corrected chi connectivity index (χ3v) is 5.77. The Labute approximate surface area is 189 Å². The van der Waals surface area contributed by atoms with Gasteiger partial charge in [0.1, 0.15) is 12.7 Å². The standard InChI is InChI=1S/C25H32N6O/c1-3-27-25(28-15-20-8-12-23(13-9-20)31-18-26-17-30-31)29-16-22-5-4-14-32-24(22)21-10-6-19(2)7-11-21/h6-13,17-18,22,24H,3-5,14-16H2,1-2H3,(H2,27,28,29). The van der Waals surface area contributed by atoms with Crippen LogP contribution in [0.3, 0.4) is 0 Å². The number of aryl methyl sites for hydroxylation is 1. The van der Waals surface area contributed by atoms with Gasteiger partial charge in [0, 0.05) is 25.6 Å². The third-order valence-electron chi connectivity index (χ3n) is 5.77. The first kappa shape index (κ1) is 22.0. The van der Waals surface area contributed by atoms with Crippen molar-refractivity contribution < 1.29 is 4.74 Å². The smallest absolute Gasteiger partial charge is 0.191 e. The maximum Gasteiger partial charge on any atom is 0.191 e. The molecule has 1 aliphatic rings. The second-order valence-electron chi connectivity index (χ2n) is 8.19. The lowest BCUT2D eigenvalue weighted by molar-refractivity contribution is -0.0265. The summed E-state index contributed by atoms with van der Waals surface area (Å²) in [5, 5.41) is 11.1. The molecule has 0 spiro atoms. The van der Waals surface area contributed by atoms with Crippen LogP contribution in [0, 0.1) is 12.8 Å². The third kappa shape index (κ3) is 5.73. The minimum atomic E-state index is 0.129. The second-order valence-corrected chi connectivity index (χ2v) is 8.19. The number of hydrogen-bond acceptors (Lipinski definition) is 4. The van der Waals surface area contributed by atoms with E-state index in [2.05, 4.69) is 71.0 Å². The van der Waals surface area contributed by atoms with E-state index in [1.54, 1.807) is 11.0 Å². The van der Waals surface area contributed by atoms with Crippen molar-refractivity contribution in [1.82, 2.24) is 25.4 Å². The molecule has 2 atom stereocenters. The highest BCUT2D eigenvalue weighted by molar-refractivity contribution is 5.79. The molecule has 0 radical (unpaired) electrons. The van der Waals surface area contributed by atoms with E-state index in [1.807, 2.05) is 12.1 Å². The van der Waals surface area contributed by atoms with Gasteiger partial charge in [-0.25, -0.2) is 14.7 Å². The van der Waals surface area contributed by atoms with Gasteiger partial charge in [-0.05, 0) is 49.9 Å². The lowest BCUT2D eigenvalue weighted by Crippen LogP contribution is -2.42. The van der Waals surface area contributed by atoms with Gasteiger partial charge >= 0.3 is 0 Å². The molecular formula is C25H32N6O. The molecule has 7 heteroatoms. The minimum Gasteiger partial charge on any atom is -0.373 e. The molecule has 1 fully saturated rings. The number of nitrogens with one attached hydrogen (secondary N) is 2. The predicted octanol–water partition coefficient (Wildman–Crippen LogP) is 3.80. The van der Waals surface area contributed by atoms with Crippen molar-refractivity contribution in [2.45, 2.75) is 39.3 Å². The number of hydrogen-bond donors (Lipinski definition) is 2. The average molecular weight is 433 g/mol. The van der Waals surface area contributed by atoms with E-state index in [9.17, 15) is 0 Å². The molecule has 4 rings (SSSR count). The van der Waals surface area contributed by atoms with Gasteiger partial charge in [0.05, 0.1) is 18.3 Å². The molecule has 2 aromatic carbocycles. The van der Waals surface area contributed by atoms with Crippen molar-refractivity contribution in [1.29, 1.82) is 0 Å². The molecule has 1 saturated heterocycles. The van der Waals surface area contributed by atoms with Gasteiger partial charge in [-0.1, -0.05) is 42.0 Å². The first-order valence-corrected chi connectivity index (χ1v) is 11.4. The van der Waals surface area contributed by atoms with Gasteiger partial charge in [0.25, 0.3) is 0 Å². The highest BCUT2D eigenvalue weighted by Gasteiger charge is 2.27. The Balaban J connectivity index is 1.37. The number of aromatic nitrogens is 3. The van der Waals surface area contributed by atoms with Crippen LogP contribution in [0.1, 0.15) is 42.6 Å². The number of aliphatic imine (C=N–C) groups is 1. The Morgan fingerprint density at radius 3 is 2.66 bits per heavy atom. The van der Waals surface area contributed by atoms with Crippen LogP contribution in [0.25, 0.3) is 5.69 Å². The lowest BCUT2D eigenvalue weighted by Gasteiger charge is -2.32. The first-order chi connectivity index (χ1) is 15.7.